The highest BCUT2D eigenvalue weighted by Crippen LogP contribution is 2.33. The third-order valence-electron chi connectivity index (χ3n) is 2.88. The van der Waals surface area contributed by atoms with Gasteiger partial charge in [-0.25, -0.2) is 0 Å². The second kappa shape index (κ2) is 5.50. The number of aryl methyl sites for hydroxylation is 1. The maximum atomic E-state index is 8.94. The first kappa shape index (κ1) is 12.4. The van der Waals surface area contributed by atoms with Crippen LogP contribution in [0.15, 0.2) is 18.2 Å². The zero-order valence-corrected chi connectivity index (χ0v) is 11.0. The molecule has 0 aliphatic rings. The van der Waals surface area contributed by atoms with Crippen molar-refractivity contribution >= 4 is 19.9 Å². The van der Waals surface area contributed by atoms with Gasteiger partial charge in [-0.05, 0) is 44.6 Å². The number of aromatic nitrogens is 1. The van der Waals surface area contributed by atoms with Gasteiger partial charge in [-0.3, -0.25) is 0 Å². The number of fused-ring (bicyclic) bond motifs is 1. The Morgan fingerprint density at radius 1 is 1.47 bits per heavy atom. The summed E-state index contributed by atoms with van der Waals surface area (Å²) in [4.78, 5) is 12.3. The van der Waals surface area contributed by atoms with Crippen LogP contribution in [-0.2, 0) is 6.42 Å². The Morgan fingerprint density at radius 3 is 3.00 bits per heavy atom. The molecule has 92 valence electrons. The molecule has 3 N–H and O–H groups in total. The van der Waals surface area contributed by atoms with Gasteiger partial charge in [-0.2, -0.15) is 0 Å². The van der Waals surface area contributed by atoms with Crippen molar-refractivity contribution in [1.29, 1.82) is 0 Å². The topological polar surface area (TPSA) is 57.3 Å². The van der Waals surface area contributed by atoms with Crippen molar-refractivity contribution in [1.82, 2.24) is 10.3 Å². The molecule has 0 radical (unpaired) electrons. The summed E-state index contributed by atoms with van der Waals surface area (Å²) in [6, 6.07) is 5.84. The lowest BCUT2D eigenvalue weighted by atomic mass is 10.1. The van der Waals surface area contributed by atoms with Crippen LogP contribution >= 0.6 is 9.03 Å². The van der Waals surface area contributed by atoms with Gasteiger partial charge in [0.1, 0.15) is 5.75 Å². The summed E-state index contributed by atoms with van der Waals surface area (Å²) in [6.45, 7) is 2.99. The molecule has 17 heavy (non-hydrogen) atoms. The van der Waals surface area contributed by atoms with E-state index >= 15 is 0 Å². The number of H-pyrrole nitrogens is 1. The van der Waals surface area contributed by atoms with Crippen molar-refractivity contribution in [2.45, 2.75) is 13.3 Å². The predicted octanol–water partition coefficient (Wildman–Crippen LogP) is 2.12. The zero-order valence-electron chi connectivity index (χ0n) is 10.0. The molecule has 0 saturated carbocycles. The lowest BCUT2D eigenvalue weighted by molar-refractivity contribution is 0.517. The third-order valence-corrected chi connectivity index (χ3v) is 3.19. The second-order valence-electron chi connectivity index (χ2n) is 3.95. The van der Waals surface area contributed by atoms with Crippen LogP contribution in [0.5, 0.6) is 5.75 Å². The van der Waals surface area contributed by atoms with E-state index in [-0.39, 0.29) is 0 Å². The van der Waals surface area contributed by atoms with Crippen molar-refractivity contribution in [3.05, 3.63) is 29.5 Å². The molecule has 2 aromatic rings. The highest BCUT2D eigenvalue weighted by molar-refractivity contribution is 7.25. The van der Waals surface area contributed by atoms with E-state index in [4.69, 9.17) is 9.42 Å². The fourth-order valence-corrected chi connectivity index (χ4v) is 2.38. The molecule has 1 heterocycles. The van der Waals surface area contributed by atoms with Crippen LogP contribution in [0.3, 0.4) is 0 Å². The number of aromatic amines is 1. The van der Waals surface area contributed by atoms with E-state index in [1.54, 1.807) is 0 Å². The molecule has 5 heteroatoms. The average molecular weight is 252 g/mol. The first-order valence-electron chi connectivity index (χ1n) is 5.58. The molecule has 0 amide bonds. The van der Waals surface area contributed by atoms with Gasteiger partial charge in [0, 0.05) is 16.6 Å². The van der Waals surface area contributed by atoms with Crippen LogP contribution in [0.4, 0.5) is 0 Å². The normalized spacial score (nSPS) is 11.7. The van der Waals surface area contributed by atoms with E-state index < -0.39 is 9.03 Å². The predicted molar refractivity (Wildman–Crippen MR) is 71.8 cm³/mol. The van der Waals surface area contributed by atoms with Crippen LogP contribution < -0.4 is 9.84 Å². The van der Waals surface area contributed by atoms with E-state index in [0.29, 0.717) is 0 Å². The molecular weight excluding hydrogens is 235 g/mol. The molecule has 0 spiro atoms. The Labute approximate surface area is 102 Å². The molecule has 0 saturated heterocycles. The minimum absolute atomic E-state index is 0.523. The van der Waals surface area contributed by atoms with E-state index in [0.717, 1.165) is 35.3 Å². The Balaban J connectivity index is 2.51. The largest absolute Gasteiger partial charge is 0.449 e. The molecule has 0 bridgehead atoms. The van der Waals surface area contributed by atoms with Gasteiger partial charge in [0.05, 0.1) is 0 Å². The molecule has 1 aromatic carbocycles. The lowest BCUT2D eigenvalue weighted by Crippen LogP contribution is -2.10. The first-order valence-corrected chi connectivity index (χ1v) is 6.44. The monoisotopic (exact) mass is 252 g/mol. The van der Waals surface area contributed by atoms with E-state index in [9.17, 15) is 0 Å². The zero-order chi connectivity index (χ0) is 12.3. The number of likely N-dealkylation sites (N-methyl/N-ethyl adjacent to an activating group) is 1. The maximum absolute atomic E-state index is 8.94. The summed E-state index contributed by atoms with van der Waals surface area (Å²) in [6.07, 6.45) is 0.942. The Hall–Kier alpha value is -1.09. The van der Waals surface area contributed by atoms with Gasteiger partial charge < -0.3 is 19.7 Å². The molecule has 0 aliphatic heterocycles. The number of nitrogens with one attached hydrogen (secondary N) is 2. The van der Waals surface area contributed by atoms with Crippen LogP contribution in [0.1, 0.15) is 11.3 Å². The average Bonchev–Trinajstić information content (AvgIpc) is 2.64. The Morgan fingerprint density at radius 2 is 2.29 bits per heavy atom. The molecule has 1 atom stereocenters. The highest BCUT2D eigenvalue weighted by atomic mass is 31.1. The highest BCUT2D eigenvalue weighted by Gasteiger charge is 2.12. The lowest BCUT2D eigenvalue weighted by Gasteiger charge is -2.06. The summed E-state index contributed by atoms with van der Waals surface area (Å²) in [7, 11) is 1.42. The molecule has 2 rings (SSSR count). The van der Waals surface area contributed by atoms with Crippen LogP contribution in [0.25, 0.3) is 10.9 Å². The van der Waals surface area contributed by atoms with E-state index in [1.165, 1.54) is 5.56 Å². The van der Waals surface area contributed by atoms with Crippen LogP contribution in [-0.4, -0.2) is 23.5 Å². The standard InChI is InChI=1S/C12H17N2O2P/c1-8-9(6-7-13-2)12-10(14-8)4-3-5-11(12)16-17-15/h3-5,13-15,17H,6-7H2,1-2H3. The minimum Gasteiger partial charge on any atom is -0.449 e. The second-order valence-corrected chi connectivity index (χ2v) is 4.34. The summed E-state index contributed by atoms with van der Waals surface area (Å²) in [5, 5.41) is 4.23. The quantitative estimate of drug-likeness (QED) is 0.714. The third kappa shape index (κ3) is 2.44. The van der Waals surface area contributed by atoms with Gasteiger partial charge in [-0.15, -0.1) is 0 Å². The maximum Gasteiger partial charge on any atom is 0.212 e. The number of hydrogen-bond donors (Lipinski definition) is 3. The molecule has 0 fully saturated rings. The van der Waals surface area contributed by atoms with Gasteiger partial charge >= 0.3 is 0 Å². The SMILES string of the molecule is CNCCc1c(C)[nH]c2cccc(OPO)c12. The summed E-state index contributed by atoms with van der Waals surface area (Å²) in [5.74, 6) is 0.749. The Kier molecular flexibility index (Phi) is 4.00. The summed E-state index contributed by atoms with van der Waals surface area (Å²) < 4.78 is 5.30. The first-order chi connectivity index (χ1) is 8.27. The fourth-order valence-electron chi connectivity index (χ4n) is 2.11. The summed E-state index contributed by atoms with van der Waals surface area (Å²) in [5.41, 5.74) is 3.47. The molecule has 1 unspecified atom stereocenters. The molecular formula is C12H17N2O2P. The van der Waals surface area contributed by atoms with Crippen molar-refractivity contribution in [3.63, 3.8) is 0 Å². The Bertz CT molecular complexity index is 510. The summed E-state index contributed by atoms with van der Waals surface area (Å²) >= 11 is 0. The van der Waals surface area contributed by atoms with Crippen molar-refractivity contribution < 1.29 is 9.42 Å². The smallest absolute Gasteiger partial charge is 0.212 e. The van der Waals surface area contributed by atoms with Gasteiger partial charge in [0.25, 0.3) is 0 Å². The van der Waals surface area contributed by atoms with Crippen LogP contribution in [0, 0.1) is 6.92 Å². The number of benzene rings is 1. The number of hydrogen-bond acceptors (Lipinski definition) is 3. The molecule has 4 nitrogen and oxygen atoms in total. The fraction of sp³-hybridized carbons (Fsp3) is 0.333. The molecule has 0 aliphatic carbocycles. The van der Waals surface area contributed by atoms with Crippen molar-refractivity contribution in [3.8, 4) is 5.75 Å². The van der Waals surface area contributed by atoms with Crippen LogP contribution in [0.2, 0.25) is 0 Å². The van der Waals surface area contributed by atoms with Gasteiger partial charge in [0.15, 0.2) is 0 Å². The minimum atomic E-state index is -0.523. The van der Waals surface area contributed by atoms with Gasteiger partial charge in [0.2, 0.25) is 9.03 Å². The number of rotatable bonds is 5. The van der Waals surface area contributed by atoms with Crippen molar-refractivity contribution in [2.24, 2.45) is 0 Å². The van der Waals surface area contributed by atoms with E-state index in [2.05, 4.69) is 17.2 Å². The van der Waals surface area contributed by atoms with Gasteiger partial charge in [-0.1, -0.05) is 6.07 Å². The molecule has 1 aromatic heterocycles. The van der Waals surface area contributed by atoms with E-state index in [1.807, 2.05) is 25.2 Å². The van der Waals surface area contributed by atoms with Crippen molar-refractivity contribution in [2.75, 3.05) is 13.6 Å².